The van der Waals surface area contributed by atoms with Crippen molar-refractivity contribution in [2.24, 2.45) is 7.05 Å². The summed E-state index contributed by atoms with van der Waals surface area (Å²) in [5.41, 5.74) is 2.32. The Labute approximate surface area is 103 Å². The number of pyridine rings is 1. The average molecular weight is 252 g/mol. The third-order valence-electron chi connectivity index (χ3n) is 2.48. The van der Waals surface area contributed by atoms with Crippen molar-refractivity contribution < 1.29 is 9.90 Å². The summed E-state index contributed by atoms with van der Waals surface area (Å²) in [6.07, 6.45) is 3.04. The van der Waals surface area contributed by atoms with Crippen molar-refractivity contribution in [3.8, 4) is 11.3 Å². The molecule has 0 spiro atoms. The minimum Gasteiger partial charge on any atom is -0.477 e. The second-order valence-corrected chi connectivity index (χ2v) is 4.06. The molecule has 17 heavy (non-hydrogen) atoms. The normalized spacial score (nSPS) is 10.5. The van der Waals surface area contributed by atoms with Gasteiger partial charge in [-0.05, 0) is 18.6 Å². The lowest BCUT2D eigenvalue weighted by Gasteiger charge is -2.07. The lowest BCUT2D eigenvalue weighted by Crippen LogP contribution is -2.02. The van der Waals surface area contributed by atoms with Gasteiger partial charge in [-0.1, -0.05) is 11.6 Å². The topological polar surface area (TPSA) is 68.0 Å². The van der Waals surface area contributed by atoms with Crippen molar-refractivity contribution in [3.05, 3.63) is 34.7 Å². The van der Waals surface area contributed by atoms with Gasteiger partial charge >= 0.3 is 5.97 Å². The molecule has 0 atom stereocenters. The van der Waals surface area contributed by atoms with Crippen molar-refractivity contribution in [1.29, 1.82) is 0 Å². The van der Waals surface area contributed by atoms with Gasteiger partial charge in [-0.2, -0.15) is 5.10 Å². The lowest BCUT2D eigenvalue weighted by atomic mass is 10.1. The molecule has 0 fully saturated rings. The van der Waals surface area contributed by atoms with Gasteiger partial charge in [0.2, 0.25) is 0 Å². The van der Waals surface area contributed by atoms with Gasteiger partial charge in [-0.3, -0.25) is 4.68 Å². The minimum absolute atomic E-state index is 0.0181. The fourth-order valence-corrected chi connectivity index (χ4v) is 1.90. The maximum Gasteiger partial charge on any atom is 0.354 e. The Morgan fingerprint density at radius 2 is 2.18 bits per heavy atom. The zero-order chi connectivity index (χ0) is 12.6. The number of aromatic nitrogens is 3. The van der Waals surface area contributed by atoms with Gasteiger partial charge in [-0.25, -0.2) is 9.78 Å². The number of rotatable bonds is 2. The van der Waals surface area contributed by atoms with Gasteiger partial charge in [0.15, 0.2) is 0 Å². The molecule has 0 radical (unpaired) electrons. The number of halogens is 1. The van der Waals surface area contributed by atoms with Crippen LogP contribution in [0.25, 0.3) is 11.3 Å². The number of nitrogens with zero attached hydrogens (tertiary/aromatic N) is 3. The van der Waals surface area contributed by atoms with Crippen LogP contribution in [-0.2, 0) is 7.05 Å². The molecule has 2 aromatic rings. The van der Waals surface area contributed by atoms with Gasteiger partial charge in [-0.15, -0.1) is 0 Å². The Bertz CT molecular complexity index is 573. The monoisotopic (exact) mass is 251 g/mol. The summed E-state index contributed by atoms with van der Waals surface area (Å²) in [4.78, 5) is 14.7. The first-order valence-electron chi connectivity index (χ1n) is 4.88. The first kappa shape index (κ1) is 11.6. The van der Waals surface area contributed by atoms with E-state index in [2.05, 4.69) is 10.1 Å². The highest BCUT2D eigenvalue weighted by Gasteiger charge is 2.14. The highest BCUT2D eigenvalue weighted by molar-refractivity contribution is 6.33. The molecule has 2 aromatic heterocycles. The Balaban J connectivity index is 2.58. The van der Waals surface area contributed by atoms with Gasteiger partial charge in [0.1, 0.15) is 5.69 Å². The first-order chi connectivity index (χ1) is 8.00. The van der Waals surface area contributed by atoms with E-state index in [0.717, 1.165) is 16.8 Å². The van der Waals surface area contributed by atoms with Crippen molar-refractivity contribution in [2.45, 2.75) is 6.92 Å². The van der Waals surface area contributed by atoms with Crippen LogP contribution in [-0.4, -0.2) is 25.8 Å². The summed E-state index contributed by atoms with van der Waals surface area (Å²) in [5.74, 6) is -1.05. The molecule has 88 valence electrons. The van der Waals surface area contributed by atoms with Crippen LogP contribution in [0.1, 0.15) is 16.1 Å². The Kier molecular flexibility index (Phi) is 2.85. The molecule has 0 aliphatic heterocycles. The molecule has 0 aliphatic rings. The summed E-state index contributed by atoms with van der Waals surface area (Å²) in [6, 6.07) is 1.51. The van der Waals surface area contributed by atoms with Crippen LogP contribution < -0.4 is 0 Å². The van der Waals surface area contributed by atoms with Gasteiger partial charge < -0.3 is 5.11 Å². The fourth-order valence-electron chi connectivity index (χ4n) is 1.63. The highest BCUT2D eigenvalue weighted by Crippen LogP contribution is 2.29. The summed E-state index contributed by atoms with van der Waals surface area (Å²) >= 11 is 6.03. The molecular weight excluding hydrogens is 242 g/mol. The van der Waals surface area contributed by atoms with E-state index in [1.165, 1.54) is 12.3 Å². The van der Waals surface area contributed by atoms with E-state index >= 15 is 0 Å². The number of hydrogen-bond acceptors (Lipinski definition) is 3. The van der Waals surface area contributed by atoms with Crippen molar-refractivity contribution in [2.75, 3.05) is 0 Å². The molecule has 2 rings (SSSR count). The highest BCUT2D eigenvalue weighted by atomic mass is 35.5. The molecule has 6 heteroatoms. The number of aromatic carboxylic acids is 1. The predicted octanol–water partition coefficient (Wildman–Crippen LogP) is 2.14. The SMILES string of the molecule is Cc1cc(C(=O)O)ncc1-c1c(Cl)cnn1C. The molecule has 0 amide bonds. The Morgan fingerprint density at radius 1 is 1.47 bits per heavy atom. The van der Waals surface area contributed by atoms with Gasteiger partial charge in [0.05, 0.1) is 16.9 Å². The van der Waals surface area contributed by atoms with Crippen LogP contribution in [0.5, 0.6) is 0 Å². The van der Waals surface area contributed by atoms with Gasteiger partial charge in [0.25, 0.3) is 0 Å². The maximum absolute atomic E-state index is 10.8. The van der Waals surface area contributed by atoms with Gasteiger partial charge in [0, 0.05) is 18.8 Å². The quantitative estimate of drug-likeness (QED) is 0.888. The second kappa shape index (κ2) is 4.18. The molecule has 0 unspecified atom stereocenters. The summed E-state index contributed by atoms with van der Waals surface area (Å²) in [7, 11) is 1.77. The van der Waals surface area contributed by atoms with Crippen LogP contribution in [0.3, 0.4) is 0 Å². The van der Waals surface area contributed by atoms with E-state index in [9.17, 15) is 4.79 Å². The zero-order valence-corrected chi connectivity index (χ0v) is 10.1. The average Bonchev–Trinajstić information content (AvgIpc) is 2.59. The largest absolute Gasteiger partial charge is 0.477 e. The van der Waals surface area contributed by atoms with Crippen molar-refractivity contribution >= 4 is 17.6 Å². The molecule has 0 saturated heterocycles. The number of carbonyl (C=O) groups is 1. The maximum atomic E-state index is 10.8. The van der Waals surface area contributed by atoms with Crippen LogP contribution in [0.15, 0.2) is 18.5 Å². The van der Waals surface area contributed by atoms with E-state index in [1.54, 1.807) is 17.9 Å². The predicted molar refractivity (Wildman–Crippen MR) is 63.1 cm³/mol. The summed E-state index contributed by atoms with van der Waals surface area (Å²) in [5, 5.41) is 13.4. The molecule has 5 nitrogen and oxygen atoms in total. The van der Waals surface area contributed by atoms with Crippen LogP contribution in [0, 0.1) is 6.92 Å². The molecule has 0 aliphatic carbocycles. The Hall–Kier alpha value is -1.88. The molecular formula is C11H10ClN3O2. The number of hydrogen-bond donors (Lipinski definition) is 1. The van der Waals surface area contributed by atoms with E-state index in [4.69, 9.17) is 16.7 Å². The molecule has 0 bridgehead atoms. The first-order valence-corrected chi connectivity index (χ1v) is 5.26. The van der Waals surface area contributed by atoms with Crippen LogP contribution >= 0.6 is 11.6 Å². The van der Waals surface area contributed by atoms with E-state index in [0.29, 0.717) is 5.02 Å². The van der Waals surface area contributed by atoms with E-state index < -0.39 is 5.97 Å². The lowest BCUT2D eigenvalue weighted by molar-refractivity contribution is 0.0690. The minimum atomic E-state index is -1.05. The van der Waals surface area contributed by atoms with Crippen LogP contribution in [0.2, 0.25) is 5.02 Å². The standard InChI is InChI=1S/C11H10ClN3O2/c1-6-3-9(11(16)17)13-4-7(6)10-8(12)5-14-15(10)2/h3-5H,1-2H3,(H,16,17). The third kappa shape index (κ3) is 2.01. The summed E-state index contributed by atoms with van der Waals surface area (Å²) < 4.78 is 1.63. The van der Waals surface area contributed by atoms with E-state index in [-0.39, 0.29) is 5.69 Å². The number of carboxylic acid groups (broad SMARTS) is 1. The summed E-state index contributed by atoms with van der Waals surface area (Å²) in [6.45, 7) is 1.81. The van der Waals surface area contributed by atoms with Crippen molar-refractivity contribution in [1.82, 2.24) is 14.8 Å². The zero-order valence-electron chi connectivity index (χ0n) is 9.31. The van der Waals surface area contributed by atoms with E-state index in [1.807, 2.05) is 6.92 Å². The third-order valence-corrected chi connectivity index (χ3v) is 2.76. The smallest absolute Gasteiger partial charge is 0.354 e. The van der Waals surface area contributed by atoms with Crippen molar-refractivity contribution in [3.63, 3.8) is 0 Å². The van der Waals surface area contributed by atoms with Crippen LogP contribution in [0.4, 0.5) is 0 Å². The molecule has 1 N–H and O–H groups in total. The fraction of sp³-hybridized carbons (Fsp3) is 0.182. The number of carboxylic acids is 1. The molecule has 0 aromatic carbocycles. The molecule has 2 heterocycles. The Morgan fingerprint density at radius 3 is 2.65 bits per heavy atom. The second-order valence-electron chi connectivity index (χ2n) is 3.65. The number of aryl methyl sites for hydroxylation is 2. The molecule has 0 saturated carbocycles.